The third-order valence-corrected chi connectivity index (χ3v) is 9.70. The van der Waals surface area contributed by atoms with Gasteiger partial charge in [-0.15, -0.1) is 0 Å². The minimum atomic E-state index is -0.120. The Labute approximate surface area is 204 Å². The van der Waals surface area contributed by atoms with Gasteiger partial charge < -0.3 is 4.90 Å². The monoisotopic (exact) mass is 460 g/mol. The van der Waals surface area contributed by atoms with Gasteiger partial charge in [0.15, 0.2) is 0 Å². The van der Waals surface area contributed by atoms with Crippen LogP contribution in [0.1, 0.15) is 81.8 Å². The van der Waals surface area contributed by atoms with Gasteiger partial charge in [0.2, 0.25) is 5.91 Å². The van der Waals surface area contributed by atoms with E-state index in [2.05, 4.69) is 47.1 Å². The predicted octanol–water partition coefficient (Wildman–Crippen LogP) is 5.12. The third kappa shape index (κ3) is 4.06. The van der Waals surface area contributed by atoms with E-state index < -0.39 is 0 Å². The molecule has 4 nitrogen and oxygen atoms in total. The van der Waals surface area contributed by atoms with Crippen LogP contribution >= 0.6 is 0 Å². The maximum atomic E-state index is 13.8. The number of hydrogen-bond acceptors (Lipinski definition) is 3. The number of benzene rings is 1. The molecule has 1 aromatic carbocycles. The second kappa shape index (κ2) is 9.26. The molecule has 2 aliphatic carbocycles. The van der Waals surface area contributed by atoms with Crippen molar-refractivity contribution in [2.75, 3.05) is 19.6 Å². The molecule has 0 radical (unpaired) electrons. The molecule has 0 aromatic heterocycles. The lowest BCUT2D eigenvalue weighted by molar-refractivity contribution is -0.137. The number of Topliss-reactive ketones (excluding diaryl/α,β-unsaturated/α-hetero) is 1. The van der Waals surface area contributed by atoms with Crippen molar-refractivity contribution in [3.05, 3.63) is 47.0 Å². The second-order valence-corrected chi connectivity index (χ2v) is 11.8. The van der Waals surface area contributed by atoms with Gasteiger partial charge in [-0.1, -0.05) is 42.3 Å². The van der Waals surface area contributed by atoms with E-state index in [9.17, 15) is 9.59 Å². The Morgan fingerprint density at radius 1 is 1.03 bits per heavy atom. The van der Waals surface area contributed by atoms with Gasteiger partial charge in [0, 0.05) is 31.5 Å². The van der Waals surface area contributed by atoms with Crippen LogP contribution in [-0.4, -0.2) is 53.2 Å². The first kappa shape index (κ1) is 22.5. The molecule has 6 atom stereocenters. The number of nitrogens with zero attached hydrogens (tertiary/aromatic N) is 2. The topological polar surface area (TPSA) is 40.6 Å². The average Bonchev–Trinajstić information content (AvgIpc) is 3.27. The van der Waals surface area contributed by atoms with Crippen molar-refractivity contribution in [1.29, 1.82) is 0 Å². The summed E-state index contributed by atoms with van der Waals surface area (Å²) in [5, 5.41) is 0. The Bertz CT molecular complexity index is 967. The molecule has 3 saturated heterocycles. The Kier molecular flexibility index (Phi) is 6.13. The first-order chi connectivity index (χ1) is 16.6. The van der Waals surface area contributed by atoms with E-state index in [1.165, 1.54) is 50.8 Å². The van der Waals surface area contributed by atoms with Gasteiger partial charge in [-0.05, 0) is 87.8 Å². The molecule has 2 bridgehead atoms. The standard InChI is InChI=1S/C30H40N2O2/c1-20(22-12-10-21(11-13-22)16-23-6-4-9-28(23)33)30(34)32-15-5-7-24-17-25-18-26(29(24)32)19-31-14-3-2-8-27(25)31/h10-13,17,20,23,25-27,29H,2-9,14-16,18-19H2,1H3. The minimum absolute atomic E-state index is 0.120. The molecule has 0 spiro atoms. The number of fused-ring (bicyclic) bond motifs is 6. The van der Waals surface area contributed by atoms with Crippen molar-refractivity contribution >= 4 is 11.7 Å². The maximum Gasteiger partial charge on any atom is 0.230 e. The van der Waals surface area contributed by atoms with Crippen molar-refractivity contribution < 1.29 is 9.59 Å². The maximum absolute atomic E-state index is 13.8. The van der Waals surface area contributed by atoms with Crippen LogP contribution < -0.4 is 0 Å². The van der Waals surface area contributed by atoms with E-state index in [-0.39, 0.29) is 11.8 Å². The van der Waals surface area contributed by atoms with E-state index in [1.807, 2.05) is 0 Å². The van der Waals surface area contributed by atoms with Crippen molar-refractivity contribution in [2.24, 2.45) is 17.8 Å². The smallest absolute Gasteiger partial charge is 0.230 e. The largest absolute Gasteiger partial charge is 0.335 e. The van der Waals surface area contributed by atoms with Gasteiger partial charge in [-0.3, -0.25) is 14.5 Å². The Hall–Kier alpha value is -1.94. The lowest BCUT2D eigenvalue weighted by Gasteiger charge is -2.55. The van der Waals surface area contributed by atoms with Crippen LogP contribution in [0.3, 0.4) is 0 Å². The number of rotatable bonds is 4. The number of hydrogen-bond donors (Lipinski definition) is 0. The normalized spacial score (nSPS) is 34.3. The first-order valence-electron chi connectivity index (χ1n) is 13.9. The molecule has 1 aromatic rings. The SMILES string of the molecule is CC(C(=O)N1CCCC2=CC3CC(CN4CCCCC34)C21)c1ccc(CC2CCCC2=O)cc1. The number of ketones is 1. The zero-order valence-electron chi connectivity index (χ0n) is 20.8. The summed E-state index contributed by atoms with van der Waals surface area (Å²) in [6, 6.07) is 9.63. The fourth-order valence-electron chi connectivity index (χ4n) is 7.94. The van der Waals surface area contributed by atoms with Crippen LogP contribution in [0.15, 0.2) is 35.9 Å². The van der Waals surface area contributed by atoms with E-state index >= 15 is 0 Å². The summed E-state index contributed by atoms with van der Waals surface area (Å²) in [6.45, 7) is 5.41. The fourth-order valence-corrected chi connectivity index (χ4v) is 7.94. The highest BCUT2D eigenvalue weighted by Crippen LogP contribution is 2.45. The zero-order chi connectivity index (χ0) is 23.2. The van der Waals surface area contributed by atoms with Crippen LogP contribution in [0.4, 0.5) is 0 Å². The quantitative estimate of drug-likeness (QED) is 0.586. The molecule has 1 saturated carbocycles. The third-order valence-electron chi connectivity index (χ3n) is 9.70. The number of likely N-dealkylation sites (tertiary alicyclic amines) is 1. The molecule has 6 rings (SSSR count). The highest BCUT2D eigenvalue weighted by molar-refractivity contribution is 5.84. The van der Waals surface area contributed by atoms with Crippen molar-refractivity contribution in [3.8, 4) is 0 Å². The van der Waals surface area contributed by atoms with E-state index in [0.29, 0.717) is 29.6 Å². The molecular weight excluding hydrogens is 420 g/mol. The van der Waals surface area contributed by atoms with Crippen LogP contribution in [0, 0.1) is 17.8 Å². The Balaban J connectivity index is 1.17. The highest BCUT2D eigenvalue weighted by atomic mass is 16.2. The van der Waals surface area contributed by atoms with Crippen molar-refractivity contribution in [2.45, 2.75) is 89.1 Å². The number of carbonyl (C=O) groups excluding carboxylic acids is 2. The Morgan fingerprint density at radius 3 is 2.68 bits per heavy atom. The molecule has 3 heterocycles. The van der Waals surface area contributed by atoms with Crippen LogP contribution in [-0.2, 0) is 16.0 Å². The van der Waals surface area contributed by atoms with Gasteiger partial charge in [-0.2, -0.15) is 0 Å². The van der Waals surface area contributed by atoms with E-state index in [0.717, 1.165) is 50.3 Å². The van der Waals surface area contributed by atoms with E-state index in [4.69, 9.17) is 0 Å². The van der Waals surface area contributed by atoms with Crippen molar-refractivity contribution in [1.82, 2.24) is 9.80 Å². The van der Waals surface area contributed by atoms with Gasteiger partial charge in [0.05, 0.1) is 12.0 Å². The van der Waals surface area contributed by atoms with Crippen LogP contribution in [0.5, 0.6) is 0 Å². The summed E-state index contributed by atoms with van der Waals surface area (Å²) in [5.74, 6) is 2.11. The minimum Gasteiger partial charge on any atom is -0.335 e. The van der Waals surface area contributed by atoms with Gasteiger partial charge in [-0.25, -0.2) is 0 Å². The predicted molar refractivity (Wildman–Crippen MR) is 135 cm³/mol. The molecule has 34 heavy (non-hydrogen) atoms. The summed E-state index contributed by atoms with van der Waals surface area (Å²) >= 11 is 0. The summed E-state index contributed by atoms with van der Waals surface area (Å²) < 4.78 is 0. The first-order valence-corrected chi connectivity index (χ1v) is 13.9. The molecule has 4 fully saturated rings. The van der Waals surface area contributed by atoms with Crippen LogP contribution in [0.25, 0.3) is 0 Å². The summed E-state index contributed by atoms with van der Waals surface area (Å²) in [4.78, 5) is 30.9. The van der Waals surface area contributed by atoms with E-state index in [1.54, 1.807) is 5.57 Å². The summed E-state index contributed by atoms with van der Waals surface area (Å²) in [6.07, 6.45) is 13.9. The van der Waals surface area contributed by atoms with Crippen molar-refractivity contribution in [3.63, 3.8) is 0 Å². The second-order valence-electron chi connectivity index (χ2n) is 11.8. The molecule has 5 aliphatic rings. The Morgan fingerprint density at radius 2 is 1.88 bits per heavy atom. The molecule has 0 N–H and O–H groups in total. The molecule has 182 valence electrons. The molecule has 4 heteroatoms. The van der Waals surface area contributed by atoms with Gasteiger partial charge in [0.1, 0.15) is 5.78 Å². The molecule has 1 amide bonds. The highest BCUT2D eigenvalue weighted by Gasteiger charge is 2.47. The summed E-state index contributed by atoms with van der Waals surface area (Å²) in [7, 11) is 0. The summed E-state index contributed by atoms with van der Waals surface area (Å²) in [5.41, 5.74) is 3.90. The van der Waals surface area contributed by atoms with Gasteiger partial charge >= 0.3 is 0 Å². The number of carbonyl (C=O) groups is 2. The van der Waals surface area contributed by atoms with Crippen LogP contribution in [0.2, 0.25) is 0 Å². The average molecular weight is 461 g/mol. The molecule has 6 unspecified atom stereocenters. The zero-order valence-corrected chi connectivity index (χ0v) is 20.8. The molecular formula is C30H40N2O2. The number of amides is 1. The number of piperidine rings is 3. The van der Waals surface area contributed by atoms with Gasteiger partial charge in [0.25, 0.3) is 0 Å². The lowest BCUT2D eigenvalue weighted by atomic mass is 9.68. The fraction of sp³-hybridized carbons (Fsp3) is 0.667. The lowest BCUT2D eigenvalue weighted by Crippen LogP contribution is -2.60. The molecule has 3 aliphatic heterocycles.